The zero-order valence-corrected chi connectivity index (χ0v) is 52.2. The van der Waals surface area contributed by atoms with Gasteiger partial charge in [-0.25, -0.2) is 9.97 Å². The van der Waals surface area contributed by atoms with E-state index < -0.39 is 37.1 Å². The molecule has 0 spiro atoms. The van der Waals surface area contributed by atoms with Gasteiger partial charge >= 0.3 is 5.97 Å². The van der Waals surface area contributed by atoms with Crippen LogP contribution >= 0.6 is 0 Å². The van der Waals surface area contributed by atoms with Crippen molar-refractivity contribution in [2.24, 2.45) is 4.99 Å². The first kappa shape index (κ1) is 69.0. The molecule has 1 aliphatic heterocycles. The fraction of sp³-hybridized carbons (Fsp3) is 0.382. The van der Waals surface area contributed by atoms with E-state index in [1.54, 1.807) is 48.7 Å². The van der Waals surface area contributed by atoms with Crippen molar-refractivity contribution in [2.45, 2.75) is 98.2 Å². The molecule has 0 saturated heterocycles. The van der Waals surface area contributed by atoms with Crippen LogP contribution in [0.2, 0.25) is 0 Å². The molecule has 7 rings (SSSR count). The molecule has 23 nitrogen and oxygen atoms in total. The van der Waals surface area contributed by atoms with E-state index in [-0.39, 0.29) is 76.7 Å². The first-order valence-corrected chi connectivity index (χ1v) is 30.3. The summed E-state index contributed by atoms with van der Waals surface area (Å²) in [4.78, 5) is 75.6. The molecule has 3 heterocycles. The van der Waals surface area contributed by atoms with Crippen LogP contribution in [0.15, 0.2) is 114 Å². The maximum atomic E-state index is 13.1. The highest BCUT2D eigenvalue weighted by atomic mass is 16.7. The number of aryl methyl sites for hydroxylation is 2. The molecule has 5 aromatic rings. The molecule has 3 atom stereocenters. The normalized spacial score (nSPS) is 12.4. The van der Waals surface area contributed by atoms with E-state index in [0.717, 1.165) is 58.1 Å². The number of aldehydes is 1. The highest BCUT2D eigenvalue weighted by molar-refractivity contribution is 6.05. The minimum atomic E-state index is -1.17. The lowest BCUT2D eigenvalue weighted by atomic mass is 9.91. The number of nitrogens with zero attached hydrogens (tertiary/aromatic N) is 4. The molecule has 1 aliphatic carbocycles. The summed E-state index contributed by atoms with van der Waals surface area (Å²) in [5.74, 6) is 6.56. The highest BCUT2D eigenvalue weighted by Gasteiger charge is 2.25. The summed E-state index contributed by atoms with van der Waals surface area (Å²) in [5.41, 5.74) is 13.2. The number of aromatic nitrogens is 3. The number of amides is 3. The number of aliphatic hydroxyl groups is 1. The molecule has 2 aliphatic rings. The second-order valence-corrected chi connectivity index (χ2v) is 21.0. The largest absolute Gasteiger partial charge is 0.494 e. The van der Waals surface area contributed by atoms with Crippen LogP contribution in [0, 0.1) is 25.7 Å². The Hall–Kier alpha value is -9.44. The predicted molar refractivity (Wildman–Crippen MR) is 345 cm³/mol. The molecule has 91 heavy (non-hydrogen) atoms. The number of ether oxygens (including phenoxy) is 7. The van der Waals surface area contributed by atoms with Crippen LogP contribution in [0.3, 0.4) is 0 Å². The number of anilines is 2. The molecule has 482 valence electrons. The minimum absolute atomic E-state index is 0.0223. The van der Waals surface area contributed by atoms with Crippen molar-refractivity contribution < 1.29 is 66.7 Å². The van der Waals surface area contributed by atoms with Crippen LogP contribution in [0.5, 0.6) is 17.2 Å². The Balaban J connectivity index is 0.819. The topological polar surface area (TPSA) is 301 Å². The van der Waals surface area contributed by atoms with Crippen molar-refractivity contribution in [1.82, 2.24) is 30.5 Å². The van der Waals surface area contributed by atoms with Gasteiger partial charge in [-0.15, -0.1) is 13.2 Å². The van der Waals surface area contributed by atoms with Crippen molar-refractivity contribution in [3.8, 4) is 51.5 Å². The predicted octanol–water partition coefficient (Wildman–Crippen LogP) is 8.41. The Morgan fingerprint density at radius 3 is 2.44 bits per heavy atom. The fourth-order valence-corrected chi connectivity index (χ4v) is 9.82. The van der Waals surface area contributed by atoms with Crippen molar-refractivity contribution in [3.63, 3.8) is 0 Å². The summed E-state index contributed by atoms with van der Waals surface area (Å²) >= 11 is 0. The number of hydrogen-bond donors (Lipinski definition) is 6. The van der Waals surface area contributed by atoms with Gasteiger partial charge in [0, 0.05) is 104 Å². The van der Waals surface area contributed by atoms with E-state index in [2.05, 4.69) is 73.4 Å². The number of benzene rings is 4. The smallest absolute Gasteiger partial charge is 0.308 e. The Bertz CT molecular complexity index is 3760. The van der Waals surface area contributed by atoms with E-state index in [1.807, 2.05) is 45.9 Å². The third-order valence-corrected chi connectivity index (χ3v) is 14.1. The van der Waals surface area contributed by atoms with Crippen molar-refractivity contribution in [1.29, 1.82) is 0 Å². The third kappa shape index (κ3) is 20.3. The van der Waals surface area contributed by atoms with E-state index in [9.17, 15) is 29.1 Å². The van der Waals surface area contributed by atoms with Gasteiger partial charge < -0.3 is 79.0 Å². The van der Waals surface area contributed by atoms with Crippen LogP contribution in [0.4, 0.5) is 11.5 Å². The Labute approximate surface area is 529 Å². The van der Waals surface area contributed by atoms with Crippen LogP contribution < -0.4 is 46.6 Å². The molecule has 23 heteroatoms. The minimum Gasteiger partial charge on any atom is -0.494 e. The van der Waals surface area contributed by atoms with E-state index in [0.29, 0.717) is 95.1 Å². The van der Waals surface area contributed by atoms with Crippen LogP contribution in [0.25, 0.3) is 44.5 Å². The highest BCUT2D eigenvalue weighted by Crippen LogP contribution is 2.46. The number of hydrogen-bond acceptors (Lipinski definition) is 19. The van der Waals surface area contributed by atoms with Gasteiger partial charge in [0.1, 0.15) is 78.9 Å². The SMILES string of the molecule is C=CCOCO[C@@H](CC=O)C[C@@H](O)n1cc(C#CCNC(=O)COC(COc2cccc(C(=O)NCCCCCNC(=O)CCCOc3ccc(OC(C)=O)c(-c4c5cc(C)/c(=N\CC)cc-5oc5cc(NCC)c(C)cc45)c3)c2)OCC=C)c2c(N)ncnc21. The average molecular weight is 1250 g/mol. The first-order chi connectivity index (χ1) is 44.1. The number of nitrogens with two attached hydrogens (primary N) is 1. The second kappa shape index (κ2) is 35.7. The summed E-state index contributed by atoms with van der Waals surface area (Å²) in [5, 5.41) is 25.2. The number of nitrogens with one attached hydrogen (secondary N) is 4. The van der Waals surface area contributed by atoms with Gasteiger partial charge in [0.05, 0.1) is 48.8 Å². The van der Waals surface area contributed by atoms with Gasteiger partial charge in [-0.3, -0.25) is 24.2 Å². The Kier molecular flexibility index (Phi) is 27.1. The first-order valence-electron chi connectivity index (χ1n) is 30.3. The molecule has 3 aromatic carbocycles. The quantitative estimate of drug-likeness (QED) is 0.00311. The maximum Gasteiger partial charge on any atom is 0.308 e. The standard InChI is InChI=1S/C68H81N9O14/c1-8-29-84-43-89-51(24-28-78)36-62(82)77-39-48(64-66(69)75-42-76-67(64)77)19-16-27-73-61(81)40-88-63(86-30-9-2)41-87-49-20-15-18-47(34-49)68(83)74-26-14-12-13-25-72-60(80)21-17-31-85-50-22-23-57(90-46(7)79)54(35-50)65-52-32-44(5)55(70-10-3)37-58(52)91-59-38-56(71-11-4)45(6)33-53(59)65/h8-9,15,18,20,22-23,28,32-35,37-39,42,51,62-63,70,82H,1-2,10-14,17,21,24-27,29-31,36,40-41,43H2,3-7H3,(H,72,80)(H,73,81)(H,74,83)(H2,69,75,76)/b71-56-/t51-,62+,63?/m0/s1. The van der Waals surface area contributed by atoms with Crippen LogP contribution in [0.1, 0.15) is 99.0 Å². The van der Waals surface area contributed by atoms with Crippen LogP contribution in [-0.2, 0) is 38.1 Å². The number of rotatable bonds is 37. The maximum absolute atomic E-state index is 13.1. The van der Waals surface area contributed by atoms with Gasteiger partial charge in [0.2, 0.25) is 11.8 Å². The molecule has 2 aromatic heterocycles. The second-order valence-electron chi connectivity index (χ2n) is 21.0. The summed E-state index contributed by atoms with van der Waals surface area (Å²) in [6.07, 6.45) is 6.75. The van der Waals surface area contributed by atoms with Crippen molar-refractivity contribution >= 4 is 63.5 Å². The third-order valence-electron chi connectivity index (χ3n) is 14.1. The lowest BCUT2D eigenvalue weighted by molar-refractivity contribution is -0.162. The number of aliphatic hydroxyl groups excluding tert-OH is 1. The summed E-state index contributed by atoms with van der Waals surface area (Å²) < 4.78 is 48.3. The molecule has 3 amide bonds. The van der Waals surface area contributed by atoms with Gasteiger partial charge in [0.15, 0.2) is 6.29 Å². The zero-order chi connectivity index (χ0) is 65.1. The molecule has 0 bridgehead atoms. The van der Waals surface area contributed by atoms with Crippen molar-refractivity contribution in [3.05, 3.63) is 132 Å². The summed E-state index contributed by atoms with van der Waals surface area (Å²) in [7, 11) is 0. The zero-order valence-electron chi connectivity index (χ0n) is 52.2. The average Bonchev–Trinajstić information content (AvgIpc) is 1.32. The molecule has 0 saturated carbocycles. The Morgan fingerprint density at radius 1 is 0.868 bits per heavy atom. The number of unbranched alkanes of at least 4 members (excludes halogenated alkanes) is 2. The van der Waals surface area contributed by atoms with Crippen LogP contribution in [-0.4, -0.2) is 135 Å². The molecular weight excluding hydrogens is 1170 g/mol. The number of carbonyl (C=O) groups excluding carboxylic acids is 5. The molecule has 7 N–H and O–H groups in total. The number of fused-ring (bicyclic) bond motifs is 3. The lowest BCUT2D eigenvalue weighted by Crippen LogP contribution is -2.33. The molecule has 0 radical (unpaired) electrons. The molecule has 0 fully saturated rings. The van der Waals surface area contributed by atoms with Gasteiger partial charge in [-0.1, -0.05) is 30.1 Å². The summed E-state index contributed by atoms with van der Waals surface area (Å²) in [6.45, 7) is 18.9. The Morgan fingerprint density at radius 2 is 1.67 bits per heavy atom. The monoisotopic (exact) mass is 1250 g/mol. The lowest BCUT2D eigenvalue weighted by Gasteiger charge is -2.20. The van der Waals surface area contributed by atoms with E-state index in [1.165, 1.54) is 23.9 Å². The van der Waals surface area contributed by atoms with Gasteiger partial charge in [-0.2, -0.15) is 0 Å². The fourth-order valence-electron chi connectivity index (χ4n) is 9.82. The van der Waals surface area contributed by atoms with Gasteiger partial charge in [0.25, 0.3) is 5.91 Å². The van der Waals surface area contributed by atoms with E-state index >= 15 is 0 Å². The summed E-state index contributed by atoms with van der Waals surface area (Å²) in [6, 6.07) is 20.0. The van der Waals surface area contributed by atoms with Gasteiger partial charge in [-0.05, 0) is 113 Å². The molecule has 1 unspecified atom stereocenters. The molecular formula is C68H81N9O14. The van der Waals surface area contributed by atoms with Crippen molar-refractivity contribution in [2.75, 3.05) is 83.6 Å². The number of carbonyl (C=O) groups is 5. The van der Waals surface area contributed by atoms with E-state index in [4.69, 9.17) is 43.3 Å². The number of nitrogen functional groups attached to an aromatic ring is 1. The number of esters is 1.